The summed E-state index contributed by atoms with van der Waals surface area (Å²) in [7, 11) is 0. The van der Waals surface area contributed by atoms with Gasteiger partial charge in [-0.05, 0) is 39.0 Å². The Bertz CT molecular complexity index is 415. The largest absolute Gasteiger partial charge is 0.357 e. The van der Waals surface area contributed by atoms with Gasteiger partial charge >= 0.3 is 0 Å². The minimum Gasteiger partial charge on any atom is -0.357 e. The lowest BCUT2D eigenvalue weighted by atomic mass is 10.1. The van der Waals surface area contributed by atoms with Crippen LogP contribution in [0.5, 0.6) is 0 Å². The highest BCUT2D eigenvalue weighted by Crippen LogP contribution is 2.08. The van der Waals surface area contributed by atoms with Crippen molar-refractivity contribution in [2.75, 3.05) is 31.6 Å². The molecule has 0 aromatic heterocycles. The molecule has 0 aliphatic carbocycles. The van der Waals surface area contributed by atoms with Crippen molar-refractivity contribution in [2.24, 2.45) is 4.99 Å². The van der Waals surface area contributed by atoms with E-state index in [9.17, 15) is 0 Å². The van der Waals surface area contributed by atoms with E-state index >= 15 is 0 Å². The second kappa shape index (κ2) is 12.1. The summed E-state index contributed by atoms with van der Waals surface area (Å²) in [5.74, 6) is 1.99. The lowest BCUT2D eigenvalue weighted by Gasteiger charge is -2.11. The normalized spacial score (nSPS) is 11.0. The first kappa shape index (κ1) is 20.6. The highest BCUT2D eigenvalue weighted by Gasteiger charge is 1.99. The number of hydrogen-bond acceptors (Lipinski definition) is 2. The quantitative estimate of drug-likeness (QED) is 0.307. The maximum absolute atomic E-state index is 4.54. The van der Waals surface area contributed by atoms with Crippen molar-refractivity contribution in [3.8, 4) is 0 Å². The van der Waals surface area contributed by atoms with Gasteiger partial charge < -0.3 is 10.6 Å². The predicted molar refractivity (Wildman–Crippen MR) is 107 cm³/mol. The minimum absolute atomic E-state index is 0. The molecule has 0 saturated heterocycles. The molecule has 0 heterocycles. The first-order valence-electron chi connectivity index (χ1n) is 7.24. The van der Waals surface area contributed by atoms with E-state index in [-0.39, 0.29) is 24.0 Å². The Morgan fingerprint density at radius 3 is 2.38 bits per heavy atom. The van der Waals surface area contributed by atoms with E-state index in [0.29, 0.717) is 0 Å². The summed E-state index contributed by atoms with van der Waals surface area (Å²) < 4.78 is 0. The van der Waals surface area contributed by atoms with Crippen LogP contribution in [-0.2, 0) is 6.42 Å². The molecule has 3 nitrogen and oxygen atoms in total. The molecular formula is C16H28IN3S. The zero-order valence-electron chi connectivity index (χ0n) is 13.5. The molecular weight excluding hydrogens is 393 g/mol. The lowest BCUT2D eigenvalue weighted by Crippen LogP contribution is -2.38. The van der Waals surface area contributed by atoms with Crippen LogP contribution in [0.1, 0.15) is 23.6 Å². The number of nitrogens with zero attached hydrogens (tertiary/aromatic N) is 1. The van der Waals surface area contributed by atoms with Gasteiger partial charge in [-0.25, -0.2) is 0 Å². The molecule has 1 aromatic carbocycles. The summed E-state index contributed by atoms with van der Waals surface area (Å²) in [6.45, 7) is 9.06. The van der Waals surface area contributed by atoms with E-state index in [1.165, 1.54) is 16.7 Å². The molecule has 0 radical (unpaired) electrons. The van der Waals surface area contributed by atoms with Crippen LogP contribution >= 0.6 is 35.7 Å². The number of rotatable bonds is 7. The minimum atomic E-state index is 0. The van der Waals surface area contributed by atoms with E-state index in [1.807, 2.05) is 11.8 Å². The van der Waals surface area contributed by atoms with Crippen molar-refractivity contribution >= 4 is 41.7 Å². The van der Waals surface area contributed by atoms with Crippen molar-refractivity contribution in [3.63, 3.8) is 0 Å². The molecule has 1 rings (SSSR count). The van der Waals surface area contributed by atoms with E-state index in [0.717, 1.165) is 37.8 Å². The summed E-state index contributed by atoms with van der Waals surface area (Å²) in [5.41, 5.74) is 4.05. The SMILES string of the molecule is CCNC(=NCCSC)NCCc1cc(C)cc(C)c1.I. The highest BCUT2D eigenvalue weighted by molar-refractivity contribution is 14.0. The lowest BCUT2D eigenvalue weighted by molar-refractivity contribution is 0.803. The molecule has 0 unspecified atom stereocenters. The number of guanidine groups is 1. The molecule has 0 fully saturated rings. The maximum Gasteiger partial charge on any atom is 0.191 e. The van der Waals surface area contributed by atoms with Gasteiger partial charge in [0.05, 0.1) is 6.54 Å². The van der Waals surface area contributed by atoms with Crippen molar-refractivity contribution < 1.29 is 0 Å². The summed E-state index contributed by atoms with van der Waals surface area (Å²) in [6, 6.07) is 6.73. The Labute approximate surface area is 150 Å². The molecule has 0 atom stereocenters. The molecule has 2 N–H and O–H groups in total. The molecule has 0 spiro atoms. The topological polar surface area (TPSA) is 36.4 Å². The van der Waals surface area contributed by atoms with Crippen molar-refractivity contribution in [1.82, 2.24) is 10.6 Å². The molecule has 5 heteroatoms. The molecule has 0 amide bonds. The molecule has 0 saturated carbocycles. The number of hydrogen-bond donors (Lipinski definition) is 2. The molecule has 1 aromatic rings. The number of nitrogens with one attached hydrogen (secondary N) is 2. The third-order valence-corrected chi connectivity index (χ3v) is 3.49. The van der Waals surface area contributed by atoms with Crippen LogP contribution in [0, 0.1) is 13.8 Å². The Hall–Kier alpha value is -0.430. The van der Waals surface area contributed by atoms with Gasteiger partial charge in [-0.3, -0.25) is 4.99 Å². The third kappa shape index (κ3) is 9.24. The second-order valence-corrected chi connectivity index (χ2v) is 5.91. The molecule has 0 aliphatic rings. The summed E-state index contributed by atoms with van der Waals surface area (Å²) >= 11 is 1.82. The summed E-state index contributed by atoms with van der Waals surface area (Å²) in [6.07, 6.45) is 3.13. The van der Waals surface area contributed by atoms with E-state index in [2.05, 4.69) is 60.9 Å². The fourth-order valence-electron chi connectivity index (χ4n) is 2.13. The Morgan fingerprint density at radius 2 is 1.81 bits per heavy atom. The number of benzene rings is 1. The molecule has 120 valence electrons. The average Bonchev–Trinajstić information content (AvgIpc) is 2.38. The zero-order chi connectivity index (χ0) is 14.8. The summed E-state index contributed by atoms with van der Waals surface area (Å²) in [4.78, 5) is 4.54. The Balaban J connectivity index is 0.00000400. The van der Waals surface area contributed by atoms with Gasteiger partial charge in [-0.2, -0.15) is 11.8 Å². The second-order valence-electron chi connectivity index (χ2n) is 4.93. The van der Waals surface area contributed by atoms with E-state index in [1.54, 1.807) is 0 Å². The monoisotopic (exact) mass is 421 g/mol. The van der Waals surface area contributed by atoms with Gasteiger partial charge in [-0.15, -0.1) is 24.0 Å². The Morgan fingerprint density at radius 1 is 1.14 bits per heavy atom. The maximum atomic E-state index is 4.54. The van der Waals surface area contributed by atoms with Gasteiger partial charge in [0.2, 0.25) is 0 Å². The predicted octanol–water partition coefficient (Wildman–Crippen LogP) is 3.38. The molecule has 0 aliphatic heterocycles. The van der Waals surface area contributed by atoms with Crippen LogP contribution in [0.15, 0.2) is 23.2 Å². The smallest absolute Gasteiger partial charge is 0.191 e. The van der Waals surface area contributed by atoms with Gasteiger partial charge in [-0.1, -0.05) is 29.3 Å². The van der Waals surface area contributed by atoms with Gasteiger partial charge in [0, 0.05) is 18.8 Å². The van der Waals surface area contributed by atoms with Crippen LogP contribution in [0.3, 0.4) is 0 Å². The van der Waals surface area contributed by atoms with E-state index < -0.39 is 0 Å². The van der Waals surface area contributed by atoms with Crippen LogP contribution in [0.25, 0.3) is 0 Å². The fourth-order valence-corrected chi connectivity index (χ4v) is 2.40. The van der Waals surface area contributed by atoms with Crippen molar-refractivity contribution in [3.05, 3.63) is 34.9 Å². The van der Waals surface area contributed by atoms with Gasteiger partial charge in [0.15, 0.2) is 5.96 Å². The van der Waals surface area contributed by atoms with Gasteiger partial charge in [0.25, 0.3) is 0 Å². The first-order valence-corrected chi connectivity index (χ1v) is 8.63. The fraction of sp³-hybridized carbons (Fsp3) is 0.562. The summed E-state index contributed by atoms with van der Waals surface area (Å²) in [5, 5.41) is 6.68. The van der Waals surface area contributed by atoms with E-state index in [4.69, 9.17) is 0 Å². The van der Waals surface area contributed by atoms with Crippen LogP contribution in [0.4, 0.5) is 0 Å². The highest BCUT2D eigenvalue weighted by atomic mass is 127. The third-order valence-electron chi connectivity index (χ3n) is 2.90. The number of thioether (sulfide) groups is 1. The van der Waals surface area contributed by atoms with Crippen LogP contribution in [-0.4, -0.2) is 37.6 Å². The first-order chi connectivity index (χ1) is 9.65. The molecule has 0 bridgehead atoms. The van der Waals surface area contributed by atoms with Crippen molar-refractivity contribution in [2.45, 2.75) is 27.2 Å². The number of aliphatic imine (C=N–C) groups is 1. The zero-order valence-corrected chi connectivity index (χ0v) is 16.7. The van der Waals surface area contributed by atoms with Crippen LogP contribution in [0.2, 0.25) is 0 Å². The molecule has 21 heavy (non-hydrogen) atoms. The van der Waals surface area contributed by atoms with Gasteiger partial charge in [0.1, 0.15) is 0 Å². The Kier molecular flexibility index (Phi) is 11.9. The number of aryl methyl sites for hydroxylation is 2. The standard InChI is InChI=1S/C16H27N3S.HI/c1-5-17-16(19-8-9-20-4)18-7-6-15-11-13(2)10-14(3)12-15;/h10-12H,5-9H2,1-4H3,(H2,17,18,19);1H. The number of halogens is 1. The van der Waals surface area contributed by atoms with Crippen molar-refractivity contribution in [1.29, 1.82) is 0 Å². The van der Waals surface area contributed by atoms with Crippen LogP contribution < -0.4 is 10.6 Å². The average molecular weight is 421 g/mol.